The van der Waals surface area contributed by atoms with Crippen LogP contribution in [0.3, 0.4) is 0 Å². The molecule has 0 N–H and O–H groups in total. The molecule has 21 heavy (non-hydrogen) atoms. The highest BCUT2D eigenvalue weighted by molar-refractivity contribution is 5.78. The Balaban J connectivity index is 1.88. The molecule has 0 saturated carbocycles. The first-order chi connectivity index (χ1) is 10.3. The maximum Gasteiger partial charge on any atom is 0.153 e. The minimum Gasteiger partial charge on any atom is -0.378 e. The summed E-state index contributed by atoms with van der Waals surface area (Å²) >= 11 is 0. The number of hydrogen-bond acceptors (Lipinski definition) is 5. The van der Waals surface area contributed by atoms with Crippen molar-refractivity contribution < 1.29 is 13.9 Å². The van der Waals surface area contributed by atoms with Crippen LogP contribution in [0.2, 0.25) is 0 Å². The van der Waals surface area contributed by atoms with Crippen LogP contribution >= 0.6 is 0 Å². The van der Waals surface area contributed by atoms with Gasteiger partial charge in [-0.15, -0.1) is 0 Å². The smallest absolute Gasteiger partial charge is 0.153 e. The molecule has 0 unspecified atom stereocenters. The predicted octanol–water partition coefficient (Wildman–Crippen LogP) is 1.93. The maximum atomic E-state index is 14.1. The Morgan fingerprint density at radius 1 is 1.19 bits per heavy atom. The van der Waals surface area contributed by atoms with E-state index in [-0.39, 0.29) is 11.1 Å². The van der Waals surface area contributed by atoms with Gasteiger partial charge >= 0.3 is 0 Å². The summed E-state index contributed by atoms with van der Waals surface area (Å²) in [5.41, 5.74) is 0.709. The van der Waals surface area contributed by atoms with Gasteiger partial charge in [0.15, 0.2) is 6.29 Å². The van der Waals surface area contributed by atoms with Crippen molar-refractivity contribution in [2.45, 2.75) is 0 Å². The van der Waals surface area contributed by atoms with Crippen LogP contribution in [-0.2, 0) is 4.74 Å². The van der Waals surface area contributed by atoms with Crippen LogP contribution in [0.25, 0.3) is 11.3 Å². The zero-order chi connectivity index (χ0) is 14.7. The number of morpholine rings is 1. The van der Waals surface area contributed by atoms with Gasteiger partial charge in [-0.1, -0.05) is 6.07 Å². The number of carbonyl (C=O) groups is 1. The molecule has 1 aromatic heterocycles. The monoisotopic (exact) mass is 287 g/mol. The fraction of sp³-hybridized carbons (Fsp3) is 0.267. The molecule has 1 saturated heterocycles. The number of anilines is 1. The minimum atomic E-state index is -0.569. The average Bonchev–Trinajstić information content (AvgIpc) is 2.56. The zero-order valence-electron chi connectivity index (χ0n) is 11.3. The molecular weight excluding hydrogens is 273 g/mol. The lowest BCUT2D eigenvalue weighted by atomic mass is 10.1. The topological polar surface area (TPSA) is 55.3 Å². The van der Waals surface area contributed by atoms with Crippen molar-refractivity contribution in [2.75, 3.05) is 31.2 Å². The number of nitrogens with zero attached hydrogens (tertiary/aromatic N) is 3. The molecule has 0 amide bonds. The Bertz CT molecular complexity index is 640. The molecule has 0 atom stereocenters. The lowest BCUT2D eigenvalue weighted by Crippen LogP contribution is -2.36. The van der Waals surface area contributed by atoms with E-state index in [9.17, 15) is 9.18 Å². The zero-order valence-corrected chi connectivity index (χ0v) is 11.3. The number of benzene rings is 1. The molecule has 0 spiro atoms. The molecule has 3 rings (SSSR count). The molecule has 1 aliphatic heterocycles. The summed E-state index contributed by atoms with van der Waals surface area (Å²) < 4.78 is 19.4. The molecule has 5 nitrogen and oxygen atoms in total. The number of hydrogen-bond donors (Lipinski definition) is 0. The third-order valence-electron chi connectivity index (χ3n) is 3.40. The van der Waals surface area contributed by atoms with Crippen LogP contribution in [0.5, 0.6) is 0 Å². The van der Waals surface area contributed by atoms with Crippen LogP contribution in [0.4, 0.5) is 10.2 Å². The van der Waals surface area contributed by atoms with E-state index in [4.69, 9.17) is 4.74 Å². The summed E-state index contributed by atoms with van der Waals surface area (Å²) in [5.74, 6) is 0.176. The minimum absolute atomic E-state index is 0.0200. The summed E-state index contributed by atoms with van der Waals surface area (Å²) in [7, 11) is 0. The lowest BCUT2D eigenvalue weighted by Gasteiger charge is -2.27. The van der Waals surface area contributed by atoms with Crippen molar-refractivity contribution in [1.82, 2.24) is 9.97 Å². The third-order valence-corrected chi connectivity index (χ3v) is 3.40. The van der Waals surface area contributed by atoms with Crippen LogP contribution in [0.15, 0.2) is 30.6 Å². The van der Waals surface area contributed by atoms with E-state index >= 15 is 0 Å². The molecule has 1 aromatic carbocycles. The number of aldehydes is 1. The number of carbonyl (C=O) groups excluding carboxylic acids is 1. The highest BCUT2D eigenvalue weighted by Gasteiger charge is 2.14. The number of rotatable bonds is 3. The van der Waals surface area contributed by atoms with Crippen LogP contribution < -0.4 is 4.90 Å². The van der Waals surface area contributed by atoms with E-state index in [2.05, 4.69) is 14.9 Å². The second kappa shape index (κ2) is 5.97. The molecule has 1 fully saturated rings. The molecule has 108 valence electrons. The first-order valence-corrected chi connectivity index (χ1v) is 6.68. The average molecular weight is 287 g/mol. The van der Waals surface area contributed by atoms with Crippen molar-refractivity contribution in [3.63, 3.8) is 0 Å². The SMILES string of the molecule is O=Cc1cccc(-c2cnc(N3CCOCC3)cn2)c1F. The fourth-order valence-corrected chi connectivity index (χ4v) is 2.25. The number of halogens is 1. The van der Waals surface area contributed by atoms with Gasteiger partial charge in [-0.2, -0.15) is 0 Å². The van der Waals surface area contributed by atoms with Gasteiger partial charge < -0.3 is 9.64 Å². The first-order valence-electron chi connectivity index (χ1n) is 6.68. The van der Waals surface area contributed by atoms with Gasteiger partial charge in [-0.3, -0.25) is 9.78 Å². The van der Waals surface area contributed by atoms with Crippen molar-refractivity contribution >= 4 is 12.1 Å². The first kappa shape index (κ1) is 13.6. The highest BCUT2D eigenvalue weighted by atomic mass is 19.1. The van der Waals surface area contributed by atoms with Crippen molar-refractivity contribution in [2.24, 2.45) is 0 Å². The predicted molar refractivity (Wildman–Crippen MR) is 75.8 cm³/mol. The van der Waals surface area contributed by atoms with Crippen molar-refractivity contribution in [3.05, 3.63) is 42.0 Å². The summed E-state index contributed by atoms with van der Waals surface area (Å²) in [6.45, 7) is 2.87. The van der Waals surface area contributed by atoms with E-state index in [1.54, 1.807) is 18.3 Å². The summed E-state index contributed by atoms with van der Waals surface area (Å²) in [4.78, 5) is 21.4. The summed E-state index contributed by atoms with van der Waals surface area (Å²) in [5, 5.41) is 0. The lowest BCUT2D eigenvalue weighted by molar-refractivity contribution is 0.112. The van der Waals surface area contributed by atoms with Gasteiger partial charge in [0.2, 0.25) is 0 Å². The summed E-state index contributed by atoms with van der Waals surface area (Å²) in [6.07, 6.45) is 3.64. The van der Waals surface area contributed by atoms with Gasteiger partial charge in [-0.25, -0.2) is 9.37 Å². The Morgan fingerprint density at radius 3 is 2.67 bits per heavy atom. The largest absolute Gasteiger partial charge is 0.378 e. The van der Waals surface area contributed by atoms with Gasteiger partial charge in [0.05, 0.1) is 36.9 Å². The maximum absolute atomic E-state index is 14.1. The van der Waals surface area contributed by atoms with E-state index in [0.717, 1.165) is 18.9 Å². The Morgan fingerprint density at radius 2 is 2.00 bits per heavy atom. The van der Waals surface area contributed by atoms with Gasteiger partial charge in [0.25, 0.3) is 0 Å². The molecule has 0 aliphatic carbocycles. The Labute approximate surface area is 121 Å². The molecule has 0 radical (unpaired) electrons. The highest BCUT2D eigenvalue weighted by Crippen LogP contribution is 2.23. The van der Waals surface area contributed by atoms with Gasteiger partial charge in [0, 0.05) is 18.7 Å². The fourth-order valence-electron chi connectivity index (χ4n) is 2.25. The van der Waals surface area contributed by atoms with Crippen molar-refractivity contribution in [3.8, 4) is 11.3 Å². The normalized spacial score (nSPS) is 15.0. The van der Waals surface area contributed by atoms with Crippen molar-refractivity contribution in [1.29, 1.82) is 0 Å². The molecule has 0 bridgehead atoms. The summed E-state index contributed by atoms with van der Waals surface area (Å²) in [6, 6.07) is 4.64. The third kappa shape index (κ3) is 2.75. The second-order valence-electron chi connectivity index (χ2n) is 4.69. The second-order valence-corrected chi connectivity index (χ2v) is 4.69. The van der Waals surface area contributed by atoms with Gasteiger partial charge in [-0.05, 0) is 12.1 Å². The van der Waals surface area contributed by atoms with E-state index in [0.29, 0.717) is 25.2 Å². The molecule has 2 aromatic rings. The Hall–Kier alpha value is -2.34. The number of aromatic nitrogens is 2. The van der Waals surface area contributed by atoms with Crippen LogP contribution in [-0.4, -0.2) is 42.6 Å². The standard InChI is InChI=1S/C15H14FN3O2/c16-15-11(10-20)2-1-3-12(15)13-8-18-14(9-17-13)19-4-6-21-7-5-19/h1-3,8-10H,4-7H2. The molecule has 1 aliphatic rings. The van der Waals surface area contributed by atoms with Crippen LogP contribution in [0, 0.1) is 5.82 Å². The molecule has 2 heterocycles. The van der Waals surface area contributed by atoms with E-state index < -0.39 is 5.82 Å². The quantitative estimate of drug-likeness (QED) is 0.807. The van der Waals surface area contributed by atoms with Crippen LogP contribution in [0.1, 0.15) is 10.4 Å². The van der Waals surface area contributed by atoms with E-state index in [1.165, 1.54) is 12.3 Å². The van der Waals surface area contributed by atoms with E-state index in [1.807, 2.05) is 0 Å². The molecular formula is C15H14FN3O2. The molecule has 6 heteroatoms. The number of ether oxygens (including phenoxy) is 1. The Kier molecular flexibility index (Phi) is 3.87. The van der Waals surface area contributed by atoms with Gasteiger partial charge in [0.1, 0.15) is 11.6 Å².